The van der Waals surface area contributed by atoms with Crippen molar-refractivity contribution in [1.29, 1.82) is 0 Å². The summed E-state index contributed by atoms with van der Waals surface area (Å²) < 4.78 is 37.2. The fourth-order valence-electron chi connectivity index (χ4n) is 5.13. The van der Waals surface area contributed by atoms with Crippen LogP contribution in [0.25, 0.3) is 16.9 Å². The highest BCUT2D eigenvalue weighted by Gasteiger charge is 2.34. The van der Waals surface area contributed by atoms with Crippen molar-refractivity contribution < 1.29 is 17.9 Å². The largest absolute Gasteiger partial charge is 0.491 e. The standard InChI is InChI=1S/C31H35N5O4S/c1-20(2)19-40-27-10-7-9-22(4)29(27)36-30(23-12-14-24(15-13-23)33-31(32)37)25-18-35(17-16-26(25)34-36)41(38,39)28-11-6-5-8-21(28)3/h5-15,20H,16-19H2,1-4H3,(H3,32,33,37). The lowest BCUT2D eigenvalue weighted by atomic mass is 10.0. The van der Waals surface area contributed by atoms with E-state index in [0.717, 1.165) is 33.8 Å². The molecule has 1 aliphatic heterocycles. The van der Waals surface area contributed by atoms with E-state index < -0.39 is 16.1 Å². The number of ether oxygens (including phenoxy) is 1. The summed E-state index contributed by atoms with van der Waals surface area (Å²) in [5.41, 5.74) is 11.6. The number of nitrogens with two attached hydrogens (primary N) is 1. The van der Waals surface area contributed by atoms with Gasteiger partial charge >= 0.3 is 6.03 Å². The Balaban J connectivity index is 1.66. The SMILES string of the molecule is Cc1ccccc1S(=O)(=O)N1CCc2nn(-c3c(C)cccc3OCC(C)C)c(-c3ccc(NC(N)=O)cc3)c2C1. The van der Waals surface area contributed by atoms with Gasteiger partial charge in [-0.3, -0.25) is 0 Å². The average Bonchev–Trinajstić information content (AvgIpc) is 3.30. The molecule has 5 rings (SSSR count). The average molecular weight is 574 g/mol. The molecule has 1 aliphatic rings. The molecule has 0 saturated carbocycles. The van der Waals surface area contributed by atoms with Crippen molar-refractivity contribution in [2.24, 2.45) is 11.7 Å². The smallest absolute Gasteiger partial charge is 0.316 e. The molecular weight excluding hydrogens is 538 g/mol. The number of urea groups is 1. The van der Waals surface area contributed by atoms with Gasteiger partial charge in [0.15, 0.2) is 0 Å². The first-order valence-corrected chi connectivity index (χ1v) is 15.1. The third-order valence-electron chi connectivity index (χ3n) is 7.12. The van der Waals surface area contributed by atoms with E-state index in [-0.39, 0.29) is 6.54 Å². The molecular formula is C31H35N5O4S. The summed E-state index contributed by atoms with van der Waals surface area (Å²) in [6.45, 7) is 9.06. The van der Waals surface area contributed by atoms with Crippen LogP contribution in [-0.2, 0) is 23.0 Å². The first-order chi connectivity index (χ1) is 19.6. The normalized spacial score (nSPS) is 13.7. The summed E-state index contributed by atoms with van der Waals surface area (Å²) in [4.78, 5) is 11.7. The van der Waals surface area contributed by atoms with Crippen LogP contribution < -0.4 is 15.8 Å². The van der Waals surface area contributed by atoms with E-state index in [0.29, 0.717) is 47.4 Å². The maximum Gasteiger partial charge on any atom is 0.316 e. The second-order valence-corrected chi connectivity index (χ2v) is 12.6. The molecule has 3 N–H and O–H groups in total. The molecule has 0 atom stereocenters. The minimum Gasteiger partial charge on any atom is -0.491 e. The number of sulfonamides is 1. The second kappa shape index (κ2) is 11.4. The van der Waals surface area contributed by atoms with Gasteiger partial charge in [0.1, 0.15) is 11.4 Å². The molecule has 4 aromatic rings. The minimum absolute atomic E-state index is 0.177. The maximum absolute atomic E-state index is 13.8. The van der Waals surface area contributed by atoms with Gasteiger partial charge in [-0.05, 0) is 55.2 Å². The van der Waals surface area contributed by atoms with E-state index in [4.69, 9.17) is 15.6 Å². The van der Waals surface area contributed by atoms with E-state index in [1.807, 2.05) is 61.0 Å². The number of nitrogens with zero attached hydrogens (tertiary/aromatic N) is 3. The summed E-state index contributed by atoms with van der Waals surface area (Å²) in [5, 5.41) is 7.64. The maximum atomic E-state index is 13.8. The number of primary amides is 1. The third-order valence-corrected chi connectivity index (χ3v) is 9.13. The number of benzene rings is 3. The van der Waals surface area contributed by atoms with Crippen molar-refractivity contribution in [2.45, 2.75) is 45.6 Å². The van der Waals surface area contributed by atoms with Crippen molar-refractivity contribution in [3.63, 3.8) is 0 Å². The summed E-state index contributed by atoms with van der Waals surface area (Å²) in [5.74, 6) is 1.04. The van der Waals surface area contributed by atoms with Crippen LogP contribution in [-0.4, -0.2) is 41.7 Å². The summed E-state index contributed by atoms with van der Waals surface area (Å²) in [7, 11) is -3.73. The number of para-hydroxylation sites is 1. The zero-order chi connectivity index (χ0) is 29.3. The molecule has 0 unspecified atom stereocenters. The molecule has 0 saturated heterocycles. The number of aromatic nitrogens is 2. The van der Waals surface area contributed by atoms with E-state index >= 15 is 0 Å². The Labute approximate surface area is 241 Å². The number of rotatable bonds is 8. The summed E-state index contributed by atoms with van der Waals surface area (Å²) in [6.07, 6.45) is 0.468. The van der Waals surface area contributed by atoms with E-state index in [2.05, 4.69) is 19.2 Å². The van der Waals surface area contributed by atoms with Crippen LogP contribution in [0.3, 0.4) is 0 Å². The quantitative estimate of drug-likeness (QED) is 0.291. The zero-order valence-corrected chi connectivity index (χ0v) is 24.5. The molecule has 1 aromatic heterocycles. The first-order valence-electron chi connectivity index (χ1n) is 13.6. The van der Waals surface area contributed by atoms with Gasteiger partial charge < -0.3 is 15.8 Å². The Morgan fingerprint density at radius 3 is 2.41 bits per heavy atom. The van der Waals surface area contributed by atoms with E-state index in [1.165, 1.54) is 4.31 Å². The van der Waals surface area contributed by atoms with Crippen LogP contribution in [0.15, 0.2) is 71.6 Å². The Hall–Kier alpha value is -4.15. The molecule has 0 aliphatic carbocycles. The fraction of sp³-hybridized carbons (Fsp3) is 0.290. The Kier molecular flexibility index (Phi) is 7.88. The van der Waals surface area contributed by atoms with Crippen molar-refractivity contribution in [3.8, 4) is 22.7 Å². The zero-order valence-electron chi connectivity index (χ0n) is 23.7. The van der Waals surface area contributed by atoms with Gasteiger partial charge in [0.25, 0.3) is 0 Å². The molecule has 3 aromatic carbocycles. The van der Waals surface area contributed by atoms with Crippen LogP contribution in [0.5, 0.6) is 5.75 Å². The van der Waals surface area contributed by atoms with Crippen molar-refractivity contribution in [3.05, 3.63) is 89.1 Å². The first kappa shape index (κ1) is 28.4. The lowest BCUT2D eigenvalue weighted by Crippen LogP contribution is -2.36. The van der Waals surface area contributed by atoms with Gasteiger partial charge in [0.05, 0.1) is 22.9 Å². The topological polar surface area (TPSA) is 120 Å². The van der Waals surface area contributed by atoms with Gasteiger partial charge in [-0.1, -0.05) is 56.3 Å². The molecule has 2 amide bonds. The predicted molar refractivity (Wildman–Crippen MR) is 160 cm³/mol. The van der Waals surface area contributed by atoms with E-state index in [9.17, 15) is 13.2 Å². The predicted octanol–water partition coefficient (Wildman–Crippen LogP) is 5.43. The van der Waals surface area contributed by atoms with Gasteiger partial charge in [0, 0.05) is 36.3 Å². The molecule has 10 heteroatoms. The number of nitrogens with one attached hydrogen (secondary N) is 1. The lowest BCUT2D eigenvalue weighted by Gasteiger charge is -2.27. The number of hydrogen-bond donors (Lipinski definition) is 2. The highest BCUT2D eigenvalue weighted by Crippen LogP contribution is 2.38. The minimum atomic E-state index is -3.73. The number of carbonyl (C=O) groups excluding carboxylic acids is 1. The number of aryl methyl sites for hydroxylation is 2. The van der Waals surface area contributed by atoms with Crippen molar-refractivity contribution >= 4 is 21.7 Å². The molecule has 0 radical (unpaired) electrons. The highest BCUT2D eigenvalue weighted by molar-refractivity contribution is 7.89. The van der Waals surface area contributed by atoms with Gasteiger partial charge in [-0.25, -0.2) is 17.9 Å². The molecule has 0 bridgehead atoms. The van der Waals surface area contributed by atoms with Crippen LogP contribution >= 0.6 is 0 Å². The van der Waals surface area contributed by atoms with E-state index in [1.54, 1.807) is 24.3 Å². The molecule has 41 heavy (non-hydrogen) atoms. The molecule has 0 fully saturated rings. The molecule has 9 nitrogen and oxygen atoms in total. The number of hydrogen-bond acceptors (Lipinski definition) is 5. The van der Waals surface area contributed by atoms with Crippen molar-refractivity contribution in [1.82, 2.24) is 14.1 Å². The number of fused-ring (bicyclic) bond motifs is 1. The van der Waals surface area contributed by atoms with Crippen LogP contribution in [0, 0.1) is 19.8 Å². The third kappa shape index (κ3) is 5.71. The van der Waals surface area contributed by atoms with Crippen molar-refractivity contribution in [2.75, 3.05) is 18.5 Å². The van der Waals surface area contributed by atoms with Crippen LogP contribution in [0.1, 0.15) is 36.2 Å². The fourth-order valence-corrected chi connectivity index (χ4v) is 6.76. The summed E-state index contributed by atoms with van der Waals surface area (Å²) >= 11 is 0. The Bertz CT molecular complexity index is 1690. The molecule has 214 valence electrons. The second-order valence-electron chi connectivity index (χ2n) is 10.7. The molecule has 2 heterocycles. The number of anilines is 1. The van der Waals surface area contributed by atoms with Gasteiger partial charge in [-0.2, -0.15) is 9.40 Å². The highest BCUT2D eigenvalue weighted by atomic mass is 32.2. The van der Waals surface area contributed by atoms with Gasteiger partial charge in [-0.15, -0.1) is 0 Å². The number of amides is 2. The Morgan fingerprint density at radius 2 is 1.73 bits per heavy atom. The number of carbonyl (C=O) groups is 1. The van der Waals surface area contributed by atoms with Gasteiger partial charge in [0.2, 0.25) is 10.0 Å². The van der Waals surface area contributed by atoms with Crippen LogP contribution in [0.2, 0.25) is 0 Å². The molecule has 0 spiro atoms. The Morgan fingerprint density at radius 1 is 1.02 bits per heavy atom. The summed E-state index contributed by atoms with van der Waals surface area (Å²) in [6, 6.07) is 19.6. The lowest BCUT2D eigenvalue weighted by molar-refractivity contribution is 0.259. The van der Waals surface area contributed by atoms with Crippen LogP contribution in [0.4, 0.5) is 10.5 Å². The monoisotopic (exact) mass is 573 g/mol.